The fourth-order valence-corrected chi connectivity index (χ4v) is 4.32. The van der Waals surface area contributed by atoms with Gasteiger partial charge in [-0.1, -0.05) is 0 Å². The summed E-state index contributed by atoms with van der Waals surface area (Å²) in [5, 5.41) is 8.91. The maximum Gasteiger partial charge on any atom is 0.137 e. The SMILES string of the molecule is CC1CN(CCN2CCCC(c3nnc4n3CCC4)C2)CCO1. The minimum absolute atomic E-state index is 0.386. The van der Waals surface area contributed by atoms with E-state index in [1.54, 1.807) is 0 Å². The summed E-state index contributed by atoms with van der Waals surface area (Å²) in [6, 6.07) is 0. The summed E-state index contributed by atoms with van der Waals surface area (Å²) in [5.41, 5.74) is 0. The van der Waals surface area contributed by atoms with Crippen molar-refractivity contribution in [3.63, 3.8) is 0 Å². The Labute approximate surface area is 138 Å². The van der Waals surface area contributed by atoms with E-state index in [1.807, 2.05) is 0 Å². The summed E-state index contributed by atoms with van der Waals surface area (Å²) < 4.78 is 8.02. The molecule has 3 aliphatic heterocycles. The first-order valence-electron chi connectivity index (χ1n) is 9.28. The second-order valence-corrected chi connectivity index (χ2v) is 7.35. The summed E-state index contributed by atoms with van der Waals surface area (Å²) in [6.07, 6.45) is 5.29. The third-order valence-electron chi connectivity index (χ3n) is 5.57. The number of piperidine rings is 1. The van der Waals surface area contributed by atoms with Gasteiger partial charge in [-0.3, -0.25) is 4.90 Å². The fourth-order valence-electron chi connectivity index (χ4n) is 4.32. The normalized spacial score (nSPS) is 29.8. The molecule has 2 fully saturated rings. The number of fused-ring (bicyclic) bond motifs is 1. The lowest BCUT2D eigenvalue weighted by Gasteiger charge is -2.36. The van der Waals surface area contributed by atoms with E-state index in [1.165, 1.54) is 50.5 Å². The molecule has 2 atom stereocenters. The zero-order chi connectivity index (χ0) is 15.6. The number of morpholine rings is 1. The lowest BCUT2D eigenvalue weighted by atomic mass is 9.97. The van der Waals surface area contributed by atoms with Crippen molar-refractivity contribution in [3.05, 3.63) is 11.6 Å². The largest absolute Gasteiger partial charge is 0.376 e. The van der Waals surface area contributed by atoms with Gasteiger partial charge in [-0.05, 0) is 32.7 Å². The van der Waals surface area contributed by atoms with E-state index in [4.69, 9.17) is 4.74 Å². The van der Waals surface area contributed by atoms with Crippen molar-refractivity contribution < 1.29 is 4.74 Å². The number of aryl methyl sites for hydroxylation is 1. The summed E-state index contributed by atoms with van der Waals surface area (Å²) in [4.78, 5) is 5.18. The van der Waals surface area contributed by atoms with Crippen LogP contribution < -0.4 is 0 Å². The van der Waals surface area contributed by atoms with Gasteiger partial charge in [-0.25, -0.2) is 0 Å². The topological polar surface area (TPSA) is 46.4 Å². The number of likely N-dealkylation sites (tertiary alicyclic amines) is 1. The highest BCUT2D eigenvalue weighted by Crippen LogP contribution is 2.28. The first-order valence-corrected chi connectivity index (χ1v) is 9.28. The predicted octanol–water partition coefficient (Wildman–Crippen LogP) is 1.12. The molecular formula is C17H29N5O. The Morgan fingerprint density at radius 3 is 2.78 bits per heavy atom. The smallest absolute Gasteiger partial charge is 0.137 e. The molecule has 4 heterocycles. The van der Waals surface area contributed by atoms with Crippen LogP contribution in [0, 0.1) is 0 Å². The van der Waals surface area contributed by atoms with Gasteiger partial charge in [-0.2, -0.15) is 0 Å². The van der Waals surface area contributed by atoms with E-state index in [-0.39, 0.29) is 0 Å². The fraction of sp³-hybridized carbons (Fsp3) is 0.882. The Morgan fingerprint density at radius 2 is 1.91 bits per heavy atom. The summed E-state index contributed by atoms with van der Waals surface area (Å²) in [6.45, 7) is 11.1. The average Bonchev–Trinajstić information content (AvgIpc) is 3.16. The molecule has 6 heteroatoms. The van der Waals surface area contributed by atoms with Crippen LogP contribution in [0.2, 0.25) is 0 Å². The molecule has 23 heavy (non-hydrogen) atoms. The summed E-state index contributed by atoms with van der Waals surface area (Å²) >= 11 is 0. The molecule has 1 aromatic rings. The minimum atomic E-state index is 0.386. The molecule has 0 amide bonds. The van der Waals surface area contributed by atoms with Gasteiger partial charge in [-0.15, -0.1) is 10.2 Å². The number of nitrogens with zero attached hydrogens (tertiary/aromatic N) is 5. The highest BCUT2D eigenvalue weighted by atomic mass is 16.5. The van der Waals surface area contributed by atoms with E-state index in [2.05, 4.69) is 31.5 Å². The zero-order valence-corrected chi connectivity index (χ0v) is 14.3. The molecule has 2 saturated heterocycles. The van der Waals surface area contributed by atoms with Crippen LogP contribution in [0.3, 0.4) is 0 Å². The zero-order valence-electron chi connectivity index (χ0n) is 14.3. The van der Waals surface area contributed by atoms with Crippen molar-refractivity contribution in [3.8, 4) is 0 Å². The standard InChI is InChI=1S/C17H29N5O/c1-14-12-21(10-11-23-14)9-8-20-6-2-4-15(13-20)17-19-18-16-5-3-7-22(16)17/h14-15H,2-13H2,1H3. The third-order valence-corrected chi connectivity index (χ3v) is 5.57. The van der Waals surface area contributed by atoms with Gasteiger partial charge in [0.25, 0.3) is 0 Å². The summed E-state index contributed by atoms with van der Waals surface area (Å²) in [7, 11) is 0. The molecule has 0 aliphatic carbocycles. The van der Waals surface area contributed by atoms with E-state index in [0.29, 0.717) is 12.0 Å². The van der Waals surface area contributed by atoms with Gasteiger partial charge in [0.2, 0.25) is 0 Å². The molecule has 0 spiro atoms. The van der Waals surface area contributed by atoms with E-state index < -0.39 is 0 Å². The second kappa shape index (κ2) is 6.87. The number of rotatable bonds is 4. The molecule has 0 radical (unpaired) electrons. The Hall–Kier alpha value is -0.980. The van der Waals surface area contributed by atoms with Crippen molar-refractivity contribution in [1.82, 2.24) is 24.6 Å². The molecule has 4 rings (SSSR count). The lowest BCUT2D eigenvalue weighted by Crippen LogP contribution is -2.46. The van der Waals surface area contributed by atoms with Crippen molar-refractivity contribution >= 4 is 0 Å². The Bertz CT molecular complexity index is 531. The van der Waals surface area contributed by atoms with Gasteiger partial charge in [0.05, 0.1) is 12.7 Å². The molecule has 1 aromatic heterocycles. The van der Waals surface area contributed by atoms with Crippen LogP contribution in [0.5, 0.6) is 0 Å². The number of aromatic nitrogens is 3. The molecule has 0 saturated carbocycles. The first kappa shape index (κ1) is 15.5. The monoisotopic (exact) mass is 319 g/mol. The second-order valence-electron chi connectivity index (χ2n) is 7.35. The van der Waals surface area contributed by atoms with Crippen LogP contribution in [-0.4, -0.2) is 76.5 Å². The van der Waals surface area contributed by atoms with Crippen LogP contribution in [0.1, 0.15) is 43.8 Å². The average molecular weight is 319 g/mol. The van der Waals surface area contributed by atoms with Crippen LogP contribution in [-0.2, 0) is 17.7 Å². The predicted molar refractivity (Wildman–Crippen MR) is 88.6 cm³/mol. The Kier molecular flexibility index (Phi) is 4.64. The highest BCUT2D eigenvalue weighted by molar-refractivity contribution is 5.07. The van der Waals surface area contributed by atoms with Crippen molar-refractivity contribution in [2.45, 2.75) is 51.2 Å². The van der Waals surface area contributed by atoms with Crippen LogP contribution >= 0.6 is 0 Å². The molecule has 0 aromatic carbocycles. The Balaban J connectivity index is 1.32. The van der Waals surface area contributed by atoms with Gasteiger partial charge >= 0.3 is 0 Å². The molecule has 2 unspecified atom stereocenters. The van der Waals surface area contributed by atoms with Gasteiger partial charge in [0.1, 0.15) is 11.6 Å². The van der Waals surface area contributed by atoms with E-state index in [9.17, 15) is 0 Å². The number of hydrogen-bond acceptors (Lipinski definition) is 5. The summed E-state index contributed by atoms with van der Waals surface area (Å²) in [5.74, 6) is 3.04. The number of hydrogen-bond donors (Lipinski definition) is 0. The molecule has 0 bridgehead atoms. The molecule has 0 N–H and O–H groups in total. The van der Waals surface area contributed by atoms with Crippen LogP contribution in [0.25, 0.3) is 0 Å². The molecule has 128 valence electrons. The van der Waals surface area contributed by atoms with Gasteiger partial charge in [0, 0.05) is 51.6 Å². The maximum atomic E-state index is 5.64. The molecule has 6 nitrogen and oxygen atoms in total. The highest BCUT2D eigenvalue weighted by Gasteiger charge is 2.28. The van der Waals surface area contributed by atoms with Crippen molar-refractivity contribution in [1.29, 1.82) is 0 Å². The number of ether oxygens (including phenoxy) is 1. The minimum Gasteiger partial charge on any atom is -0.376 e. The van der Waals surface area contributed by atoms with Gasteiger partial charge < -0.3 is 14.2 Å². The third kappa shape index (κ3) is 3.44. The Morgan fingerprint density at radius 1 is 1.04 bits per heavy atom. The van der Waals surface area contributed by atoms with Gasteiger partial charge in [0.15, 0.2) is 0 Å². The van der Waals surface area contributed by atoms with E-state index >= 15 is 0 Å². The van der Waals surface area contributed by atoms with Crippen molar-refractivity contribution in [2.24, 2.45) is 0 Å². The quantitative estimate of drug-likeness (QED) is 0.832. The molecule has 3 aliphatic rings. The molecular weight excluding hydrogens is 290 g/mol. The first-order chi connectivity index (χ1) is 11.3. The van der Waals surface area contributed by atoms with Crippen LogP contribution in [0.15, 0.2) is 0 Å². The lowest BCUT2D eigenvalue weighted by molar-refractivity contribution is -0.0212. The van der Waals surface area contributed by atoms with Crippen molar-refractivity contribution in [2.75, 3.05) is 45.9 Å². The van der Waals surface area contributed by atoms with Crippen LogP contribution in [0.4, 0.5) is 0 Å². The maximum absolute atomic E-state index is 5.64. The van der Waals surface area contributed by atoms with E-state index in [0.717, 1.165) is 39.2 Å².